The Balaban J connectivity index is 2.09. The third kappa shape index (κ3) is 4.10. The molecule has 128 valence electrons. The van der Waals surface area contributed by atoms with E-state index < -0.39 is 10.2 Å². The number of amides is 1. The molecule has 1 saturated heterocycles. The van der Waals surface area contributed by atoms with Crippen molar-refractivity contribution in [1.82, 2.24) is 8.61 Å². The lowest BCUT2D eigenvalue weighted by Crippen LogP contribution is -2.47. The lowest BCUT2D eigenvalue weighted by Gasteiger charge is -2.32. The minimum atomic E-state index is -3.47. The molecule has 6 nitrogen and oxygen atoms in total. The maximum Gasteiger partial charge on any atom is 0.281 e. The average Bonchev–Trinajstić information content (AvgIpc) is 2.50. The average molecular weight is 339 g/mol. The maximum atomic E-state index is 12.5. The van der Waals surface area contributed by atoms with Crippen molar-refractivity contribution in [3.63, 3.8) is 0 Å². The molecular weight excluding hydrogens is 314 g/mol. The van der Waals surface area contributed by atoms with E-state index in [2.05, 4.69) is 5.32 Å². The fraction of sp³-hybridized carbons (Fsp3) is 0.562. The van der Waals surface area contributed by atoms with Crippen LogP contribution in [0, 0.1) is 19.8 Å². The summed E-state index contributed by atoms with van der Waals surface area (Å²) in [6.07, 6.45) is 1.40. The standard InChI is InChI=1S/C16H25N3O3S/c1-12-7-8-13(2)15(10-12)17-16(20)14-6-5-9-19(11-14)23(21,22)18(3)4/h7-8,10,14H,5-6,9,11H2,1-4H3,(H,17,20)/t14-/m1/s1. The molecule has 1 fully saturated rings. The van der Waals surface area contributed by atoms with E-state index in [0.29, 0.717) is 19.4 Å². The summed E-state index contributed by atoms with van der Waals surface area (Å²) in [5.74, 6) is -0.434. The van der Waals surface area contributed by atoms with Gasteiger partial charge in [0.15, 0.2) is 0 Å². The molecule has 0 aliphatic carbocycles. The predicted octanol–water partition coefficient (Wildman–Crippen LogP) is 1.76. The number of aryl methyl sites for hydroxylation is 2. The van der Waals surface area contributed by atoms with E-state index in [4.69, 9.17) is 0 Å². The van der Waals surface area contributed by atoms with Crippen LogP contribution in [0.25, 0.3) is 0 Å². The fourth-order valence-electron chi connectivity index (χ4n) is 2.70. The fourth-order valence-corrected chi connectivity index (χ4v) is 3.89. The summed E-state index contributed by atoms with van der Waals surface area (Å²) < 4.78 is 27.0. The minimum Gasteiger partial charge on any atom is -0.326 e. The molecule has 7 heteroatoms. The Labute approximate surface area is 138 Å². The van der Waals surface area contributed by atoms with Crippen molar-refractivity contribution in [2.75, 3.05) is 32.5 Å². The topological polar surface area (TPSA) is 69.7 Å². The van der Waals surface area contributed by atoms with Gasteiger partial charge in [0, 0.05) is 32.9 Å². The summed E-state index contributed by atoms with van der Waals surface area (Å²) >= 11 is 0. The van der Waals surface area contributed by atoms with Crippen molar-refractivity contribution in [3.8, 4) is 0 Å². The van der Waals surface area contributed by atoms with Crippen LogP contribution in [0.15, 0.2) is 18.2 Å². The van der Waals surface area contributed by atoms with Crippen LogP contribution in [0.4, 0.5) is 5.69 Å². The first-order valence-electron chi connectivity index (χ1n) is 7.77. The lowest BCUT2D eigenvalue weighted by molar-refractivity contribution is -0.120. The molecule has 0 spiro atoms. The van der Waals surface area contributed by atoms with Gasteiger partial charge in [0.2, 0.25) is 5.91 Å². The zero-order valence-electron chi connectivity index (χ0n) is 14.2. The van der Waals surface area contributed by atoms with Crippen LogP contribution >= 0.6 is 0 Å². The Morgan fingerprint density at radius 1 is 1.30 bits per heavy atom. The smallest absolute Gasteiger partial charge is 0.281 e. The van der Waals surface area contributed by atoms with Crippen molar-refractivity contribution in [2.24, 2.45) is 5.92 Å². The van der Waals surface area contributed by atoms with Gasteiger partial charge >= 0.3 is 0 Å². The molecule has 1 heterocycles. The Kier molecular flexibility index (Phi) is 5.44. The molecule has 1 amide bonds. The van der Waals surface area contributed by atoms with Crippen LogP contribution in [0.5, 0.6) is 0 Å². The van der Waals surface area contributed by atoms with Gasteiger partial charge in [0.25, 0.3) is 10.2 Å². The van der Waals surface area contributed by atoms with Crippen LogP contribution in [-0.4, -0.2) is 50.1 Å². The van der Waals surface area contributed by atoms with Crippen molar-refractivity contribution in [1.29, 1.82) is 0 Å². The van der Waals surface area contributed by atoms with Gasteiger partial charge in [-0.25, -0.2) is 0 Å². The Bertz CT molecular complexity index is 686. The van der Waals surface area contributed by atoms with Crippen LogP contribution in [0.2, 0.25) is 0 Å². The SMILES string of the molecule is Cc1ccc(C)c(NC(=O)[C@@H]2CCCN(S(=O)(=O)N(C)C)C2)c1. The van der Waals surface area contributed by atoms with E-state index >= 15 is 0 Å². The third-order valence-electron chi connectivity index (χ3n) is 4.19. The molecule has 0 bridgehead atoms. The molecule has 1 aromatic carbocycles. The highest BCUT2D eigenvalue weighted by molar-refractivity contribution is 7.86. The zero-order valence-corrected chi connectivity index (χ0v) is 15.0. The number of nitrogens with one attached hydrogen (secondary N) is 1. The van der Waals surface area contributed by atoms with Crippen LogP contribution in [0.1, 0.15) is 24.0 Å². The molecular formula is C16H25N3O3S. The Morgan fingerprint density at radius 3 is 2.65 bits per heavy atom. The van der Waals surface area contributed by atoms with Gasteiger partial charge in [-0.15, -0.1) is 0 Å². The van der Waals surface area contributed by atoms with E-state index in [0.717, 1.165) is 16.8 Å². The molecule has 1 aliphatic rings. The van der Waals surface area contributed by atoms with Crippen LogP contribution in [-0.2, 0) is 15.0 Å². The molecule has 1 aromatic rings. The van der Waals surface area contributed by atoms with E-state index in [1.165, 1.54) is 22.7 Å². The van der Waals surface area contributed by atoms with Crippen molar-refractivity contribution >= 4 is 21.8 Å². The first-order valence-corrected chi connectivity index (χ1v) is 9.17. The number of hydrogen-bond acceptors (Lipinski definition) is 3. The summed E-state index contributed by atoms with van der Waals surface area (Å²) in [6.45, 7) is 4.62. The molecule has 0 unspecified atom stereocenters. The highest BCUT2D eigenvalue weighted by Crippen LogP contribution is 2.23. The number of piperidine rings is 1. The molecule has 0 aromatic heterocycles. The van der Waals surface area contributed by atoms with Gasteiger partial charge in [-0.1, -0.05) is 12.1 Å². The third-order valence-corrected chi connectivity index (χ3v) is 6.10. The highest BCUT2D eigenvalue weighted by Gasteiger charge is 2.33. The van der Waals surface area contributed by atoms with Gasteiger partial charge in [-0.05, 0) is 43.9 Å². The summed E-state index contributed by atoms with van der Waals surface area (Å²) in [5.41, 5.74) is 2.87. The van der Waals surface area contributed by atoms with E-state index in [9.17, 15) is 13.2 Å². The Morgan fingerprint density at radius 2 is 2.00 bits per heavy atom. The van der Waals surface area contributed by atoms with Gasteiger partial charge in [0.1, 0.15) is 0 Å². The number of carbonyl (C=O) groups excluding carboxylic acids is 1. The van der Waals surface area contributed by atoms with Gasteiger partial charge < -0.3 is 5.32 Å². The molecule has 23 heavy (non-hydrogen) atoms. The van der Waals surface area contributed by atoms with Crippen molar-refractivity contribution in [2.45, 2.75) is 26.7 Å². The first kappa shape index (κ1) is 17.9. The van der Waals surface area contributed by atoms with Gasteiger partial charge in [-0.3, -0.25) is 4.79 Å². The number of nitrogens with zero attached hydrogens (tertiary/aromatic N) is 2. The maximum absolute atomic E-state index is 12.5. The largest absolute Gasteiger partial charge is 0.326 e. The van der Waals surface area contributed by atoms with Crippen LogP contribution in [0.3, 0.4) is 0 Å². The molecule has 0 saturated carbocycles. The van der Waals surface area contributed by atoms with Crippen molar-refractivity contribution in [3.05, 3.63) is 29.3 Å². The highest BCUT2D eigenvalue weighted by atomic mass is 32.2. The monoisotopic (exact) mass is 339 g/mol. The summed E-state index contributed by atoms with van der Waals surface area (Å²) in [7, 11) is -0.449. The van der Waals surface area contributed by atoms with E-state index in [1.807, 2.05) is 32.0 Å². The Hall–Kier alpha value is -1.44. The number of anilines is 1. The van der Waals surface area contributed by atoms with E-state index in [-0.39, 0.29) is 18.4 Å². The summed E-state index contributed by atoms with van der Waals surface area (Å²) in [4.78, 5) is 12.5. The molecule has 1 atom stereocenters. The number of rotatable bonds is 4. The first-order chi connectivity index (χ1) is 10.7. The van der Waals surface area contributed by atoms with Gasteiger partial charge in [-0.2, -0.15) is 17.0 Å². The second kappa shape index (κ2) is 6.98. The second-order valence-corrected chi connectivity index (χ2v) is 8.44. The van der Waals surface area contributed by atoms with Crippen LogP contribution < -0.4 is 5.32 Å². The number of benzene rings is 1. The lowest BCUT2D eigenvalue weighted by atomic mass is 9.98. The quantitative estimate of drug-likeness (QED) is 0.909. The van der Waals surface area contributed by atoms with Gasteiger partial charge in [0.05, 0.1) is 5.92 Å². The molecule has 2 rings (SSSR count). The molecule has 0 radical (unpaired) electrons. The summed E-state index contributed by atoms with van der Waals surface area (Å²) in [6, 6.07) is 5.90. The normalized spacial score (nSPS) is 19.8. The second-order valence-electron chi connectivity index (χ2n) is 6.29. The molecule has 1 aliphatic heterocycles. The summed E-state index contributed by atoms with van der Waals surface area (Å²) in [5, 5.41) is 2.95. The van der Waals surface area contributed by atoms with Crippen molar-refractivity contribution < 1.29 is 13.2 Å². The number of carbonyl (C=O) groups is 1. The minimum absolute atomic E-state index is 0.114. The molecule has 1 N–H and O–H groups in total. The predicted molar refractivity (Wildman–Crippen MR) is 91.4 cm³/mol. The number of hydrogen-bond donors (Lipinski definition) is 1. The van der Waals surface area contributed by atoms with E-state index in [1.54, 1.807) is 0 Å². The zero-order chi connectivity index (χ0) is 17.2.